The highest BCUT2D eigenvalue weighted by atomic mass is 16.2. The summed E-state index contributed by atoms with van der Waals surface area (Å²) in [6, 6.07) is 7.96. The van der Waals surface area contributed by atoms with Gasteiger partial charge in [-0.05, 0) is 24.6 Å². The van der Waals surface area contributed by atoms with Gasteiger partial charge >= 0.3 is 5.69 Å². The van der Waals surface area contributed by atoms with Gasteiger partial charge in [-0.2, -0.15) is 0 Å². The molecule has 1 aliphatic rings. The van der Waals surface area contributed by atoms with Crippen molar-refractivity contribution in [2.24, 2.45) is 14.1 Å². The molecule has 3 heterocycles. The van der Waals surface area contributed by atoms with Crippen LogP contribution in [0, 0.1) is 0 Å². The molecule has 142 valence electrons. The number of fused-ring (bicyclic) bond motifs is 5. The fraction of sp³-hybridized carbons (Fsp3) is 0.182. The largest absolute Gasteiger partial charge is 0.378 e. The molecule has 0 amide bonds. The summed E-state index contributed by atoms with van der Waals surface area (Å²) in [7, 11) is 3.23. The zero-order valence-electron chi connectivity index (χ0n) is 16.2. The van der Waals surface area contributed by atoms with Crippen molar-refractivity contribution in [2.45, 2.75) is 13.5 Å². The second kappa shape index (κ2) is 6.56. The summed E-state index contributed by atoms with van der Waals surface area (Å²) in [4.78, 5) is 25.8. The second-order valence-corrected chi connectivity index (χ2v) is 6.79. The molecule has 1 N–H and O–H groups in total. The molecule has 2 aromatic heterocycles. The summed E-state index contributed by atoms with van der Waals surface area (Å²) < 4.78 is 4.81. The van der Waals surface area contributed by atoms with E-state index < -0.39 is 0 Å². The molecule has 0 spiro atoms. The quantitative estimate of drug-likeness (QED) is 0.717. The molecule has 4 rings (SSSR count). The molecule has 1 aromatic carbocycles. The van der Waals surface area contributed by atoms with Crippen molar-refractivity contribution in [3.8, 4) is 5.69 Å². The number of aromatic nitrogens is 3. The van der Waals surface area contributed by atoms with Crippen LogP contribution in [-0.4, -0.2) is 13.7 Å². The number of aryl methyl sites for hydroxylation is 1. The van der Waals surface area contributed by atoms with Gasteiger partial charge in [-0.25, -0.2) is 4.79 Å². The van der Waals surface area contributed by atoms with Crippen LogP contribution in [0.5, 0.6) is 0 Å². The van der Waals surface area contributed by atoms with Crippen LogP contribution in [0.1, 0.15) is 18.3 Å². The van der Waals surface area contributed by atoms with Gasteiger partial charge in [-0.1, -0.05) is 43.0 Å². The first-order valence-corrected chi connectivity index (χ1v) is 9.13. The fourth-order valence-corrected chi connectivity index (χ4v) is 3.97. The molecule has 0 atom stereocenters. The third kappa shape index (κ3) is 2.34. The predicted octanol–water partition coefficient (Wildman–Crippen LogP) is 3.10. The van der Waals surface area contributed by atoms with Crippen molar-refractivity contribution in [3.05, 3.63) is 87.4 Å². The summed E-state index contributed by atoms with van der Waals surface area (Å²) in [6.07, 6.45) is 7.48. The topological polar surface area (TPSA) is 61.0 Å². The highest BCUT2D eigenvalue weighted by Gasteiger charge is 2.28. The van der Waals surface area contributed by atoms with Gasteiger partial charge in [0.2, 0.25) is 0 Å². The van der Waals surface area contributed by atoms with E-state index in [0.29, 0.717) is 17.4 Å². The molecule has 0 saturated carbocycles. The zero-order valence-corrected chi connectivity index (χ0v) is 16.2. The Balaban J connectivity index is 2.32. The second-order valence-electron chi connectivity index (χ2n) is 6.79. The maximum atomic E-state index is 13.2. The van der Waals surface area contributed by atoms with Crippen LogP contribution in [0.4, 0.5) is 5.69 Å². The molecule has 0 bridgehead atoms. The van der Waals surface area contributed by atoms with E-state index in [2.05, 4.69) is 16.5 Å². The van der Waals surface area contributed by atoms with Gasteiger partial charge in [0.05, 0.1) is 40.2 Å². The number of hydrogen-bond acceptors (Lipinski definition) is 3. The molecular formula is C22H22N4O2. The number of anilines is 1. The van der Waals surface area contributed by atoms with Crippen molar-refractivity contribution in [2.75, 3.05) is 5.32 Å². The minimum atomic E-state index is -0.336. The first-order valence-electron chi connectivity index (χ1n) is 9.13. The molecule has 0 aliphatic carbocycles. The van der Waals surface area contributed by atoms with Crippen molar-refractivity contribution in [3.63, 3.8) is 0 Å². The lowest BCUT2D eigenvalue weighted by atomic mass is 10.1. The Morgan fingerprint density at radius 2 is 1.93 bits per heavy atom. The Morgan fingerprint density at radius 3 is 2.64 bits per heavy atom. The number of para-hydroxylation sites is 2. The standard InChI is InChI=1S/C22H22N4O2/c1-5-9-14(10-6-2)19-18-20(24(3)22(28)25(4)21(18)27)17-13-23-15-11-7-8-12-16(15)26(17)19/h5-12,23H,1,13H2,2-4H3/b10-6-,14-9+. The number of allylic oxidation sites excluding steroid dienone is 5. The minimum Gasteiger partial charge on any atom is -0.378 e. The van der Waals surface area contributed by atoms with Crippen molar-refractivity contribution in [1.29, 1.82) is 0 Å². The Labute approximate surface area is 162 Å². The Kier molecular flexibility index (Phi) is 4.19. The summed E-state index contributed by atoms with van der Waals surface area (Å²) in [5.41, 5.74) is 4.48. The molecule has 0 unspecified atom stereocenters. The highest BCUT2D eigenvalue weighted by molar-refractivity contribution is 5.98. The number of rotatable bonds is 3. The molecule has 0 saturated heterocycles. The summed E-state index contributed by atoms with van der Waals surface area (Å²) in [6.45, 7) is 6.28. The van der Waals surface area contributed by atoms with E-state index >= 15 is 0 Å². The van der Waals surface area contributed by atoms with Crippen molar-refractivity contribution < 1.29 is 0 Å². The molecule has 0 radical (unpaired) electrons. The Hall–Kier alpha value is -3.54. The lowest BCUT2D eigenvalue weighted by Crippen LogP contribution is -2.37. The fourth-order valence-electron chi connectivity index (χ4n) is 3.97. The smallest absolute Gasteiger partial charge is 0.331 e. The van der Waals surface area contributed by atoms with Gasteiger partial charge in [-0.15, -0.1) is 0 Å². The van der Waals surface area contributed by atoms with E-state index in [1.54, 1.807) is 17.7 Å². The molecule has 6 nitrogen and oxygen atoms in total. The zero-order chi connectivity index (χ0) is 20.0. The van der Waals surface area contributed by atoms with Crippen LogP contribution in [0.25, 0.3) is 22.2 Å². The van der Waals surface area contributed by atoms with E-state index in [9.17, 15) is 9.59 Å². The van der Waals surface area contributed by atoms with E-state index in [4.69, 9.17) is 0 Å². The van der Waals surface area contributed by atoms with Crippen LogP contribution < -0.4 is 16.6 Å². The Bertz CT molecular complexity index is 1300. The number of nitrogens with one attached hydrogen (secondary N) is 1. The normalized spacial score (nSPS) is 13.5. The third-order valence-corrected chi connectivity index (χ3v) is 5.18. The molecule has 0 fully saturated rings. The molecule has 28 heavy (non-hydrogen) atoms. The van der Waals surface area contributed by atoms with Gasteiger partial charge < -0.3 is 9.88 Å². The van der Waals surface area contributed by atoms with Gasteiger partial charge in [0, 0.05) is 14.1 Å². The average Bonchev–Trinajstić information content (AvgIpc) is 3.06. The number of hydrogen-bond donors (Lipinski definition) is 1. The highest BCUT2D eigenvalue weighted by Crippen LogP contribution is 2.37. The first-order chi connectivity index (χ1) is 13.5. The summed E-state index contributed by atoms with van der Waals surface area (Å²) in [5.74, 6) is 0. The van der Waals surface area contributed by atoms with Gasteiger partial charge in [-0.3, -0.25) is 13.9 Å². The molecule has 6 heteroatoms. The maximum absolute atomic E-state index is 13.2. The van der Waals surface area contributed by atoms with Gasteiger partial charge in [0.1, 0.15) is 0 Å². The average molecular weight is 374 g/mol. The summed E-state index contributed by atoms with van der Waals surface area (Å²) in [5, 5.41) is 3.94. The van der Waals surface area contributed by atoms with Crippen LogP contribution >= 0.6 is 0 Å². The maximum Gasteiger partial charge on any atom is 0.331 e. The van der Waals surface area contributed by atoms with Crippen LogP contribution in [-0.2, 0) is 20.6 Å². The van der Waals surface area contributed by atoms with Crippen molar-refractivity contribution >= 4 is 22.2 Å². The number of nitrogens with zero attached hydrogens (tertiary/aromatic N) is 3. The SMILES string of the molecule is C=C/C=C(\C=C/C)c1c2c(=O)n(C)c(=O)n(C)c2c2n1-c1ccccc1NC2. The van der Waals surface area contributed by atoms with E-state index in [1.807, 2.05) is 49.4 Å². The molecule has 3 aromatic rings. The van der Waals surface area contributed by atoms with Crippen molar-refractivity contribution in [1.82, 2.24) is 13.7 Å². The van der Waals surface area contributed by atoms with E-state index in [1.165, 1.54) is 11.6 Å². The Morgan fingerprint density at radius 1 is 1.18 bits per heavy atom. The monoisotopic (exact) mass is 374 g/mol. The molecular weight excluding hydrogens is 352 g/mol. The first kappa shape index (κ1) is 17.9. The van der Waals surface area contributed by atoms with E-state index in [0.717, 1.165) is 28.3 Å². The third-order valence-electron chi connectivity index (χ3n) is 5.18. The minimum absolute atomic E-state index is 0.299. The van der Waals surface area contributed by atoms with Crippen LogP contribution in [0.2, 0.25) is 0 Å². The number of benzene rings is 1. The van der Waals surface area contributed by atoms with Gasteiger partial charge in [0.25, 0.3) is 5.56 Å². The predicted molar refractivity (Wildman–Crippen MR) is 114 cm³/mol. The van der Waals surface area contributed by atoms with Crippen LogP contribution in [0.3, 0.4) is 0 Å². The molecule has 1 aliphatic heterocycles. The summed E-state index contributed by atoms with van der Waals surface area (Å²) >= 11 is 0. The van der Waals surface area contributed by atoms with Gasteiger partial charge in [0.15, 0.2) is 0 Å². The van der Waals surface area contributed by atoms with Crippen LogP contribution in [0.15, 0.2) is 64.7 Å². The lowest BCUT2D eigenvalue weighted by Gasteiger charge is -2.23. The lowest BCUT2D eigenvalue weighted by molar-refractivity contribution is 0.711. The van der Waals surface area contributed by atoms with E-state index in [-0.39, 0.29) is 11.2 Å².